The zero-order valence-corrected chi connectivity index (χ0v) is 12.8. The smallest absolute Gasteiger partial charge is 0.227 e. The molecular formula is C17H15N3OS. The molecule has 0 spiro atoms. The lowest BCUT2D eigenvalue weighted by molar-refractivity contribution is -0.122. The van der Waals surface area contributed by atoms with Gasteiger partial charge in [-0.15, -0.1) is 0 Å². The Hall–Kier alpha value is -2.27. The van der Waals surface area contributed by atoms with Gasteiger partial charge in [0.05, 0.1) is 17.6 Å². The second kappa shape index (κ2) is 5.50. The maximum Gasteiger partial charge on any atom is 0.227 e. The normalized spacial score (nSPS) is 16.6. The molecule has 1 atom stereocenters. The van der Waals surface area contributed by atoms with Gasteiger partial charge in [0.1, 0.15) is 11.0 Å². The summed E-state index contributed by atoms with van der Waals surface area (Å²) < 4.78 is 8.42. The Morgan fingerprint density at radius 3 is 3.00 bits per heavy atom. The van der Waals surface area contributed by atoms with Gasteiger partial charge in [0.15, 0.2) is 0 Å². The zero-order chi connectivity index (χ0) is 14.9. The maximum absolute atomic E-state index is 12.5. The van der Waals surface area contributed by atoms with Gasteiger partial charge >= 0.3 is 0 Å². The quantitative estimate of drug-likeness (QED) is 0.809. The molecule has 1 amide bonds. The van der Waals surface area contributed by atoms with Gasteiger partial charge in [-0.05, 0) is 41.7 Å². The molecule has 2 aromatic carbocycles. The number of hydrogen-bond donors (Lipinski definition) is 1. The molecule has 4 nitrogen and oxygen atoms in total. The van der Waals surface area contributed by atoms with Crippen LogP contribution in [-0.4, -0.2) is 14.7 Å². The fourth-order valence-corrected chi connectivity index (χ4v) is 3.60. The number of carbonyl (C=O) groups is 1. The van der Waals surface area contributed by atoms with Gasteiger partial charge in [-0.2, -0.15) is 8.75 Å². The van der Waals surface area contributed by atoms with E-state index in [0.29, 0.717) is 6.54 Å². The van der Waals surface area contributed by atoms with Gasteiger partial charge in [-0.25, -0.2) is 0 Å². The number of aromatic nitrogens is 2. The average Bonchev–Trinajstić information content (AvgIpc) is 3.18. The minimum absolute atomic E-state index is 0.0131. The molecule has 110 valence electrons. The molecule has 0 bridgehead atoms. The first-order valence-corrected chi connectivity index (χ1v) is 8.11. The Kier molecular flexibility index (Phi) is 3.35. The van der Waals surface area contributed by atoms with Crippen LogP contribution in [0.15, 0.2) is 42.5 Å². The number of rotatable bonds is 3. The Morgan fingerprint density at radius 2 is 2.05 bits per heavy atom. The summed E-state index contributed by atoms with van der Waals surface area (Å²) >= 11 is 1.21. The molecule has 1 N–H and O–H groups in total. The van der Waals surface area contributed by atoms with Gasteiger partial charge in [0.25, 0.3) is 0 Å². The van der Waals surface area contributed by atoms with Crippen LogP contribution in [0, 0.1) is 0 Å². The van der Waals surface area contributed by atoms with Gasteiger partial charge < -0.3 is 5.32 Å². The number of amides is 1. The molecule has 0 unspecified atom stereocenters. The lowest BCUT2D eigenvalue weighted by Gasteiger charge is -2.12. The predicted octanol–water partition coefficient (Wildman–Crippen LogP) is 3.04. The summed E-state index contributed by atoms with van der Waals surface area (Å²) in [5.41, 5.74) is 5.34. The number of nitrogens with zero attached hydrogens (tertiary/aromatic N) is 2. The van der Waals surface area contributed by atoms with Crippen molar-refractivity contribution in [3.8, 4) is 0 Å². The van der Waals surface area contributed by atoms with Crippen molar-refractivity contribution in [1.29, 1.82) is 0 Å². The summed E-state index contributed by atoms with van der Waals surface area (Å²) in [5.74, 6) is 0.0994. The lowest BCUT2D eigenvalue weighted by Crippen LogP contribution is -2.27. The fourth-order valence-electron chi connectivity index (χ4n) is 3.08. The molecule has 1 aliphatic carbocycles. The first-order valence-electron chi connectivity index (χ1n) is 7.38. The van der Waals surface area contributed by atoms with E-state index in [1.807, 2.05) is 30.3 Å². The van der Waals surface area contributed by atoms with E-state index in [4.69, 9.17) is 0 Å². The van der Waals surface area contributed by atoms with Crippen molar-refractivity contribution in [2.24, 2.45) is 0 Å². The van der Waals surface area contributed by atoms with E-state index < -0.39 is 0 Å². The van der Waals surface area contributed by atoms with Crippen molar-refractivity contribution in [1.82, 2.24) is 14.1 Å². The Bertz CT molecular complexity index is 843. The third-order valence-corrected chi connectivity index (χ3v) is 4.79. The van der Waals surface area contributed by atoms with E-state index >= 15 is 0 Å². The molecule has 0 fully saturated rings. The van der Waals surface area contributed by atoms with E-state index in [1.54, 1.807) is 0 Å². The molecule has 1 heterocycles. The Balaban J connectivity index is 1.46. The van der Waals surface area contributed by atoms with Gasteiger partial charge in [-0.3, -0.25) is 4.79 Å². The monoisotopic (exact) mass is 309 g/mol. The van der Waals surface area contributed by atoms with Crippen LogP contribution < -0.4 is 5.32 Å². The van der Waals surface area contributed by atoms with Crippen molar-refractivity contribution in [2.75, 3.05) is 0 Å². The minimum Gasteiger partial charge on any atom is -0.351 e. The molecule has 0 saturated carbocycles. The molecule has 22 heavy (non-hydrogen) atoms. The highest BCUT2D eigenvalue weighted by Gasteiger charge is 2.27. The fraction of sp³-hybridized carbons (Fsp3) is 0.235. The first kappa shape index (κ1) is 13.4. The van der Waals surface area contributed by atoms with E-state index in [-0.39, 0.29) is 11.8 Å². The van der Waals surface area contributed by atoms with Crippen LogP contribution in [0.5, 0.6) is 0 Å². The number of carbonyl (C=O) groups excluding carboxylic acids is 1. The molecule has 1 aromatic heterocycles. The standard InChI is InChI=1S/C17H15N3OS/c21-17(14-7-6-12-3-1-2-4-13(12)14)18-10-11-5-8-15-16(9-11)20-22-19-15/h1-5,8-9,14H,6-7,10H2,(H,18,21)/t14-/m0/s1. The average molecular weight is 309 g/mol. The molecule has 1 aliphatic rings. The van der Waals surface area contributed by atoms with Crippen LogP contribution >= 0.6 is 11.7 Å². The van der Waals surface area contributed by atoms with Crippen molar-refractivity contribution in [2.45, 2.75) is 25.3 Å². The first-order chi connectivity index (χ1) is 10.8. The number of benzene rings is 2. The summed E-state index contributed by atoms with van der Waals surface area (Å²) in [5, 5.41) is 3.05. The number of hydrogen-bond acceptors (Lipinski definition) is 4. The third kappa shape index (κ3) is 2.37. The van der Waals surface area contributed by atoms with Crippen molar-refractivity contribution < 1.29 is 4.79 Å². The Morgan fingerprint density at radius 1 is 1.18 bits per heavy atom. The van der Waals surface area contributed by atoms with Crippen LogP contribution in [0.3, 0.4) is 0 Å². The molecular weight excluding hydrogens is 294 g/mol. The second-order valence-corrected chi connectivity index (χ2v) is 6.12. The molecule has 4 rings (SSSR count). The second-order valence-electron chi connectivity index (χ2n) is 5.60. The highest BCUT2D eigenvalue weighted by atomic mass is 32.1. The highest BCUT2D eigenvalue weighted by Crippen LogP contribution is 2.32. The van der Waals surface area contributed by atoms with Gasteiger partial charge in [-0.1, -0.05) is 30.3 Å². The number of aryl methyl sites for hydroxylation is 1. The lowest BCUT2D eigenvalue weighted by atomic mass is 10.0. The van der Waals surface area contributed by atoms with E-state index in [2.05, 4.69) is 26.2 Å². The van der Waals surface area contributed by atoms with Crippen molar-refractivity contribution >= 4 is 28.7 Å². The van der Waals surface area contributed by atoms with Crippen LogP contribution in [-0.2, 0) is 17.8 Å². The van der Waals surface area contributed by atoms with Crippen molar-refractivity contribution in [3.05, 3.63) is 59.2 Å². The van der Waals surface area contributed by atoms with Crippen molar-refractivity contribution in [3.63, 3.8) is 0 Å². The molecule has 0 aliphatic heterocycles. The molecule has 5 heteroatoms. The summed E-state index contributed by atoms with van der Waals surface area (Å²) in [7, 11) is 0. The molecule has 0 saturated heterocycles. The zero-order valence-electron chi connectivity index (χ0n) is 12.0. The van der Waals surface area contributed by atoms with Crippen LogP contribution in [0.25, 0.3) is 11.0 Å². The van der Waals surface area contributed by atoms with Crippen LogP contribution in [0.2, 0.25) is 0 Å². The van der Waals surface area contributed by atoms with Gasteiger partial charge in [0, 0.05) is 6.54 Å². The maximum atomic E-state index is 12.5. The SMILES string of the molecule is O=C(NCc1ccc2nsnc2c1)[C@H]1CCc2ccccc21. The molecule has 3 aromatic rings. The topological polar surface area (TPSA) is 54.9 Å². The summed E-state index contributed by atoms with van der Waals surface area (Å²) in [6.07, 6.45) is 1.89. The minimum atomic E-state index is -0.0131. The summed E-state index contributed by atoms with van der Waals surface area (Å²) in [4.78, 5) is 12.5. The molecule has 0 radical (unpaired) electrons. The van der Waals surface area contributed by atoms with E-state index in [0.717, 1.165) is 29.4 Å². The summed E-state index contributed by atoms with van der Waals surface area (Å²) in [6.45, 7) is 0.533. The van der Waals surface area contributed by atoms with Crippen LogP contribution in [0.1, 0.15) is 29.0 Å². The predicted molar refractivity (Wildman–Crippen MR) is 86.8 cm³/mol. The van der Waals surface area contributed by atoms with E-state index in [9.17, 15) is 4.79 Å². The van der Waals surface area contributed by atoms with E-state index in [1.165, 1.54) is 22.9 Å². The Labute approximate surface area is 132 Å². The third-order valence-electron chi connectivity index (χ3n) is 4.23. The van der Waals surface area contributed by atoms with Crippen LogP contribution in [0.4, 0.5) is 0 Å². The van der Waals surface area contributed by atoms with Gasteiger partial charge in [0.2, 0.25) is 5.91 Å². The highest BCUT2D eigenvalue weighted by molar-refractivity contribution is 7.00. The summed E-state index contributed by atoms with van der Waals surface area (Å²) in [6, 6.07) is 14.2. The largest absolute Gasteiger partial charge is 0.351 e. The number of nitrogens with one attached hydrogen (secondary N) is 1. The number of fused-ring (bicyclic) bond motifs is 2.